The third-order valence-electron chi connectivity index (χ3n) is 4.47. The molecule has 1 unspecified atom stereocenters. The van der Waals surface area contributed by atoms with Crippen LogP contribution in [0.2, 0.25) is 0 Å². The molecule has 6 heteroatoms. The van der Waals surface area contributed by atoms with Crippen molar-refractivity contribution >= 4 is 11.8 Å². The van der Waals surface area contributed by atoms with Crippen LogP contribution in [0, 0.1) is 5.92 Å². The van der Waals surface area contributed by atoms with Crippen molar-refractivity contribution in [3.63, 3.8) is 0 Å². The highest BCUT2D eigenvalue weighted by molar-refractivity contribution is 5.94. The Labute approximate surface area is 149 Å². The molecule has 1 aliphatic rings. The smallest absolute Gasteiger partial charge is 0.251 e. The van der Waals surface area contributed by atoms with Crippen LogP contribution in [0.15, 0.2) is 30.3 Å². The fourth-order valence-electron chi connectivity index (χ4n) is 2.98. The zero-order valence-electron chi connectivity index (χ0n) is 15.2. The molecular formula is C19H29N3O3. The molecule has 138 valence electrons. The zero-order chi connectivity index (χ0) is 18.1. The standard InChI is InChI=1S/C19H29N3O3/c1-15(2)17(22-10-12-25-13-11-22)14-21-18(23)8-9-20-19(24)16-6-4-3-5-7-16/h3-7,15,17H,8-14H2,1-2H3,(H,20,24)(H,21,23). The predicted molar refractivity (Wildman–Crippen MR) is 97.4 cm³/mol. The Morgan fingerprint density at radius 3 is 2.44 bits per heavy atom. The zero-order valence-corrected chi connectivity index (χ0v) is 15.2. The fraction of sp³-hybridized carbons (Fsp3) is 0.579. The second kappa shape index (κ2) is 10.2. The predicted octanol–water partition coefficient (Wildman–Crippen LogP) is 1.28. The first-order chi connectivity index (χ1) is 12.1. The highest BCUT2D eigenvalue weighted by Gasteiger charge is 2.24. The van der Waals surface area contributed by atoms with E-state index < -0.39 is 0 Å². The van der Waals surface area contributed by atoms with Crippen molar-refractivity contribution < 1.29 is 14.3 Å². The molecule has 25 heavy (non-hydrogen) atoms. The molecule has 1 heterocycles. The molecule has 0 aliphatic carbocycles. The largest absolute Gasteiger partial charge is 0.379 e. The highest BCUT2D eigenvalue weighted by atomic mass is 16.5. The van der Waals surface area contributed by atoms with Crippen molar-refractivity contribution in [3.05, 3.63) is 35.9 Å². The lowest BCUT2D eigenvalue weighted by Crippen LogP contribution is -2.51. The van der Waals surface area contributed by atoms with Crippen LogP contribution in [0.3, 0.4) is 0 Å². The van der Waals surface area contributed by atoms with Gasteiger partial charge in [-0.15, -0.1) is 0 Å². The molecule has 2 amide bonds. The van der Waals surface area contributed by atoms with Crippen molar-refractivity contribution in [1.82, 2.24) is 15.5 Å². The average molecular weight is 347 g/mol. The first-order valence-corrected chi connectivity index (χ1v) is 8.99. The fourth-order valence-corrected chi connectivity index (χ4v) is 2.98. The number of carbonyl (C=O) groups is 2. The van der Waals surface area contributed by atoms with Crippen LogP contribution in [-0.4, -0.2) is 62.1 Å². The van der Waals surface area contributed by atoms with Gasteiger partial charge in [0.1, 0.15) is 0 Å². The van der Waals surface area contributed by atoms with Gasteiger partial charge in [-0.1, -0.05) is 32.0 Å². The number of hydrogen-bond acceptors (Lipinski definition) is 4. The molecule has 0 aromatic heterocycles. The van der Waals surface area contributed by atoms with E-state index in [2.05, 4.69) is 29.4 Å². The van der Waals surface area contributed by atoms with Crippen LogP contribution < -0.4 is 10.6 Å². The summed E-state index contributed by atoms with van der Waals surface area (Å²) in [5.41, 5.74) is 0.607. The number of benzene rings is 1. The van der Waals surface area contributed by atoms with Gasteiger partial charge >= 0.3 is 0 Å². The van der Waals surface area contributed by atoms with Crippen molar-refractivity contribution in [2.75, 3.05) is 39.4 Å². The van der Waals surface area contributed by atoms with Crippen LogP contribution in [0.25, 0.3) is 0 Å². The van der Waals surface area contributed by atoms with Gasteiger partial charge in [0.15, 0.2) is 0 Å². The minimum absolute atomic E-state index is 0.0349. The van der Waals surface area contributed by atoms with E-state index in [9.17, 15) is 9.59 Å². The summed E-state index contributed by atoms with van der Waals surface area (Å²) in [4.78, 5) is 26.4. The quantitative estimate of drug-likeness (QED) is 0.743. The van der Waals surface area contributed by atoms with Crippen LogP contribution in [-0.2, 0) is 9.53 Å². The van der Waals surface area contributed by atoms with Crippen LogP contribution in [0.5, 0.6) is 0 Å². The maximum absolute atomic E-state index is 12.1. The topological polar surface area (TPSA) is 70.7 Å². The maximum Gasteiger partial charge on any atom is 0.251 e. The Balaban J connectivity index is 1.69. The van der Waals surface area contributed by atoms with Gasteiger partial charge < -0.3 is 15.4 Å². The summed E-state index contributed by atoms with van der Waals surface area (Å²) in [5, 5.41) is 5.78. The molecule has 2 rings (SSSR count). The summed E-state index contributed by atoms with van der Waals surface area (Å²) in [6, 6.07) is 9.32. The van der Waals surface area contributed by atoms with E-state index in [0.717, 1.165) is 26.3 Å². The molecule has 1 aromatic carbocycles. The number of carbonyl (C=O) groups excluding carboxylic acids is 2. The van der Waals surface area contributed by atoms with E-state index in [-0.39, 0.29) is 18.2 Å². The molecule has 0 spiro atoms. The van der Waals surface area contributed by atoms with E-state index >= 15 is 0 Å². The normalized spacial score (nSPS) is 16.4. The minimum Gasteiger partial charge on any atom is -0.379 e. The van der Waals surface area contributed by atoms with Crippen LogP contribution in [0.1, 0.15) is 30.6 Å². The van der Waals surface area contributed by atoms with Crippen molar-refractivity contribution in [2.24, 2.45) is 5.92 Å². The van der Waals surface area contributed by atoms with Crippen molar-refractivity contribution in [1.29, 1.82) is 0 Å². The SMILES string of the molecule is CC(C)C(CNC(=O)CCNC(=O)c1ccccc1)N1CCOCC1. The molecule has 1 aliphatic heterocycles. The molecule has 2 N–H and O–H groups in total. The monoisotopic (exact) mass is 347 g/mol. The lowest BCUT2D eigenvalue weighted by Gasteiger charge is -2.36. The third-order valence-corrected chi connectivity index (χ3v) is 4.47. The van der Waals surface area contributed by atoms with Gasteiger partial charge in [0.05, 0.1) is 13.2 Å². The Morgan fingerprint density at radius 1 is 1.12 bits per heavy atom. The van der Waals surface area contributed by atoms with E-state index in [4.69, 9.17) is 4.74 Å². The Hall–Kier alpha value is -1.92. The third kappa shape index (κ3) is 6.48. The molecule has 1 fully saturated rings. The number of nitrogens with one attached hydrogen (secondary N) is 2. The lowest BCUT2D eigenvalue weighted by atomic mass is 10.0. The second-order valence-corrected chi connectivity index (χ2v) is 6.64. The van der Waals surface area contributed by atoms with Gasteiger partial charge in [0, 0.05) is 44.2 Å². The maximum atomic E-state index is 12.1. The number of rotatable bonds is 8. The van der Waals surface area contributed by atoms with Gasteiger partial charge in [-0.3, -0.25) is 14.5 Å². The lowest BCUT2D eigenvalue weighted by molar-refractivity contribution is -0.121. The summed E-state index contributed by atoms with van der Waals surface area (Å²) >= 11 is 0. The molecule has 1 saturated heterocycles. The first-order valence-electron chi connectivity index (χ1n) is 8.99. The average Bonchev–Trinajstić information content (AvgIpc) is 2.63. The summed E-state index contributed by atoms with van der Waals surface area (Å²) < 4.78 is 5.40. The van der Waals surface area contributed by atoms with Gasteiger partial charge in [-0.2, -0.15) is 0 Å². The first kappa shape index (κ1) is 19.4. The number of ether oxygens (including phenoxy) is 1. The van der Waals surface area contributed by atoms with Crippen molar-refractivity contribution in [2.45, 2.75) is 26.3 Å². The number of hydrogen-bond donors (Lipinski definition) is 2. The van der Waals surface area contributed by atoms with Crippen LogP contribution >= 0.6 is 0 Å². The Kier molecular flexibility index (Phi) is 7.88. The van der Waals surface area contributed by atoms with E-state index in [0.29, 0.717) is 30.6 Å². The molecular weight excluding hydrogens is 318 g/mol. The molecule has 1 atom stereocenters. The minimum atomic E-state index is -0.151. The summed E-state index contributed by atoms with van der Waals surface area (Å²) in [6.07, 6.45) is 0.284. The number of nitrogens with zero attached hydrogens (tertiary/aromatic N) is 1. The molecule has 0 radical (unpaired) electrons. The Bertz CT molecular complexity index is 542. The molecule has 0 saturated carbocycles. The second-order valence-electron chi connectivity index (χ2n) is 6.64. The summed E-state index contributed by atoms with van der Waals surface area (Å²) in [6.45, 7) is 8.63. The number of morpholine rings is 1. The van der Waals surface area contributed by atoms with E-state index in [1.807, 2.05) is 18.2 Å². The molecule has 0 bridgehead atoms. The van der Waals surface area contributed by atoms with Crippen LogP contribution in [0.4, 0.5) is 0 Å². The number of amides is 2. The summed E-state index contributed by atoms with van der Waals surface area (Å²) in [5.74, 6) is 0.269. The van der Waals surface area contributed by atoms with Gasteiger partial charge in [-0.25, -0.2) is 0 Å². The van der Waals surface area contributed by atoms with E-state index in [1.165, 1.54) is 0 Å². The summed E-state index contributed by atoms with van der Waals surface area (Å²) in [7, 11) is 0. The highest BCUT2D eigenvalue weighted by Crippen LogP contribution is 2.12. The molecule has 6 nitrogen and oxygen atoms in total. The van der Waals surface area contributed by atoms with E-state index in [1.54, 1.807) is 12.1 Å². The Morgan fingerprint density at radius 2 is 1.80 bits per heavy atom. The molecule has 1 aromatic rings. The van der Waals surface area contributed by atoms with Gasteiger partial charge in [0.25, 0.3) is 5.91 Å². The van der Waals surface area contributed by atoms with Gasteiger partial charge in [0.2, 0.25) is 5.91 Å². The van der Waals surface area contributed by atoms with Crippen molar-refractivity contribution in [3.8, 4) is 0 Å². The van der Waals surface area contributed by atoms with Gasteiger partial charge in [-0.05, 0) is 18.1 Å².